The Morgan fingerprint density at radius 2 is 1.75 bits per heavy atom. The van der Waals surface area contributed by atoms with Crippen molar-refractivity contribution >= 4 is 11.9 Å². The summed E-state index contributed by atoms with van der Waals surface area (Å²) in [7, 11) is 0. The third kappa shape index (κ3) is 1.54. The molecule has 0 heterocycles. The van der Waals surface area contributed by atoms with Crippen LogP contribution in [0.5, 0.6) is 0 Å². The van der Waals surface area contributed by atoms with Crippen molar-refractivity contribution in [1.82, 2.24) is 0 Å². The zero-order chi connectivity index (χ0) is 9.94. The molecule has 12 heavy (non-hydrogen) atoms. The molecule has 0 saturated heterocycles. The predicted molar refractivity (Wildman–Crippen MR) is 38.6 cm³/mol. The summed E-state index contributed by atoms with van der Waals surface area (Å²) in [4.78, 5) is 20.6. The molecule has 5 heteroatoms. The number of carboxylic acid groups (broad SMARTS) is 2. The molecular weight excluding hydrogens is 167 g/mol. The molecule has 0 rings (SSSR count). The Morgan fingerprint density at radius 1 is 1.42 bits per heavy atom. The highest BCUT2D eigenvalue weighted by Crippen LogP contribution is 2.25. The second kappa shape index (κ2) is 3.51. The van der Waals surface area contributed by atoms with Crippen molar-refractivity contribution < 1.29 is 24.2 Å². The SMILES string of the molecule is CC[C@@H](C)C(F)(C(=O)O)C(=O)O. The first-order chi connectivity index (χ1) is 5.37. The molecule has 0 aromatic carbocycles. The van der Waals surface area contributed by atoms with Gasteiger partial charge in [-0.05, 0) is 6.42 Å². The summed E-state index contributed by atoms with van der Waals surface area (Å²) < 4.78 is 13.2. The minimum atomic E-state index is -3.16. The Hall–Kier alpha value is -1.13. The molecule has 0 aliphatic rings. The Kier molecular flexibility index (Phi) is 3.18. The fourth-order valence-corrected chi connectivity index (χ4v) is 0.794. The zero-order valence-electron chi connectivity index (χ0n) is 6.87. The lowest BCUT2D eigenvalue weighted by Gasteiger charge is -2.21. The van der Waals surface area contributed by atoms with Crippen molar-refractivity contribution in [2.45, 2.75) is 25.9 Å². The van der Waals surface area contributed by atoms with Gasteiger partial charge in [-0.25, -0.2) is 14.0 Å². The van der Waals surface area contributed by atoms with E-state index in [-0.39, 0.29) is 6.42 Å². The molecule has 0 aliphatic carbocycles. The first-order valence-corrected chi connectivity index (χ1v) is 3.53. The van der Waals surface area contributed by atoms with E-state index in [1.807, 2.05) is 0 Å². The van der Waals surface area contributed by atoms with E-state index in [1.54, 1.807) is 0 Å². The van der Waals surface area contributed by atoms with E-state index in [0.717, 1.165) is 0 Å². The van der Waals surface area contributed by atoms with Crippen LogP contribution in [0.4, 0.5) is 4.39 Å². The van der Waals surface area contributed by atoms with Crippen LogP contribution in [0, 0.1) is 5.92 Å². The van der Waals surface area contributed by atoms with E-state index in [4.69, 9.17) is 10.2 Å². The third-order valence-electron chi connectivity index (χ3n) is 1.91. The summed E-state index contributed by atoms with van der Waals surface area (Å²) >= 11 is 0. The molecule has 0 radical (unpaired) electrons. The summed E-state index contributed by atoms with van der Waals surface area (Å²) in [6, 6.07) is 0. The van der Waals surface area contributed by atoms with Crippen LogP contribution < -0.4 is 0 Å². The number of carbonyl (C=O) groups is 2. The van der Waals surface area contributed by atoms with Crippen molar-refractivity contribution in [3.63, 3.8) is 0 Å². The van der Waals surface area contributed by atoms with Crippen LogP contribution >= 0.6 is 0 Å². The molecule has 0 amide bonds. The molecule has 0 unspecified atom stereocenters. The Morgan fingerprint density at radius 3 is 1.83 bits per heavy atom. The molecule has 0 aromatic rings. The normalized spacial score (nSPS) is 13.9. The first-order valence-electron chi connectivity index (χ1n) is 3.53. The van der Waals surface area contributed by atoms with E-state index < -0.39 is 23.5 Å². The lowest BCUT2D eigenvalue weighted by Crippen LogP contribution is -2.47. The van der Waals surface area contributed by atoms with Crippen molar-refractivity contribution in [1.29, 1.82) is 0 Å². The highest BCUT2D eigenvalue weighted by atomic mass is 19.1. The van der Waals surface area contributed by atoms with Crippen LogP contribution in [-0.4, -0.2) is 27.8 Å². The van der Waals surface area contributed by atoms with Crippen molar-refractivity contribution in [3.05, 3.63) is 0 Å². The monoisotopic (exact) mass is 178 g/mol. The van der Waals surface area contributed by atoms with Gasteiger partial charge in [0.05, 0.1) is 0 Å². The van der Waals surface area contributed by atoms with Gasteiger partial charge in [-0.1, -0.05) is 13.8 Å². The quantitative estimate of drug-likeness (QED) is 0.627. The molecule has 0 aromatic heterocycles. The number of aliphatic carboxylic acids is 2. The molecule has 0 aliphatic heterocycles. The number of carboxylic acids is 2. The van der Waals surface area contributed by atoms with E-state index >= 15 is 0 Å². The van der Waals surface area contributed by atoms with Gasteiger partial charge in [0.1, 0.15) is 0 Å². The number of hydrogen-bond donors (Lipinski definition) is 2. The van der Waals surface area contributed by atoms with Gasteiger partial charge in [-0.3, -0.25) is 0 Å². The maximum Gasteiger partial charge on any atom is 0.353 e. The van der Waals surface area contributed by atoms with Gasteiger partial charge >= 0.3 is 17.6 Å². The average molecular weight is 178 g/mol. The van der Waals surface area contributed by atoms with Crippen molar-refractivity contribution in [3.8, 4) is 0 Å². The van der Waals surface area contributed by atoms with Crippen molar-refractivity contribution in [2.75, 3.05) is 0 Å². The average Bonchev–Trinajstić information content (AvgIpc) is 2.00. The number of halogens is 1. The standard InChI is InChI=1S/C7H11FO4/c1-3-4(2)7(8,5(9)10)6(11)12/h4H,3H2,1-2H3,(H,9,10)(H,11,12)/t4-/m1/s1. The number of alkyl halides is 1. The second-order valence-electron chi connectivity index (χ2n) is 2.63. The molecule has 0 bridgehead atoms. The van der Waals surface area contributed by atoms with Crippen LogP contribution in [-0.2, 0) is 9.59 Å². The van der Waals surface area contributed by atoms with E-state index in [9.17, 15) is 14.0 Å². The predicted octanol–water partition coefficient (Wildman–Crippen LogP) is 0.910. The molecule has 0 fully saturated rings. The van der Waals surface area contributed by atoms with Gasteiger partial charge in [0.25, 0.3) is 0 Å². The first kappa shape index (κ1) is 10.9. The fourth-order valence-electron chi connectivity index (χ4n) is 0.794. The number of rotatable bonds is 4. The Bertz CT molecular complexity index is 188. The minimum absolute atomic E-state index is 0.162. The van der Waals surface area contributed by atoms with Crippen LogP contribution in [0.25, 0.3) is 0 Å². The van der Waals surface area contributed by atoms with E-state index in [0.29, 0.717) is 0 Å². The summed E-state index contributed by atoms with van der Waals surface area (Å²) in [5.74, 6) is -4.92. The molecule has 2 N–H and O–H groups in total. The van der Waals surface area contributed by atoms with Crippen LogP contribution in [0.1, 0.15) is 20.3 Å². The van der Waals surface area contributed by atoms with Crippen LogP contribution in [0.2, 0.25) is 0 Å². The van der Waals surface area contributed by atoms with Gasteiger partial charge < -0.3 is 10.2 Å². The molecule has 0 spiro atoms. The smallest absolute Gasteiger partial charge is 0.353 e. The zero-order valence-corrected chi connectivity index (χ0v) is 6.87. The van der Waals surface area contributed by atoms with Gasteiger partial charge in [0.15, 0.2) is 0 Å². The van der Waals surface area contributed by atoms with E-state index in [2.05, 4.69) is 0 Å². The second-order valence-corrected chi connectivity index (χ2v) is 2.63. The van der Waals surface area contributed by atoms with Gasteiger partial charge in [-0.15, -0.1) is 0 Å². The third-order valence-corrected chi connectivity index (χ3v) is 1.91. The molecule has 4 nitrogen and oxygen atoms in total. The lowest BCUT2D eigenvalue weighted by molar-refractivity contribution is -0.171. The topological polar surface area (TPSA) is 74.6 Å². The highest BCUT2D eigenvalue weighted by molar-refractivity contribution is 6.02. The van der Waals surface area contributed by atoms with Crippen LogP contribution in [0.15, 0.2) is 0 Å². The van der Waals surface area contributed by atoms with Gasteiger partial charge in [0, 0.05) is 5.92 Å². The van der Waals surface area contributed by atoms with Crippen LogP contribution in [0.3, 0.4) is 0 Å². The Labute approximate surface area is 69.0 Å². The largest absolute Gasteiger partial charge is 0.478 e. The maximum absolute atomic E-state index is 13.2. The maximum atomic E-state index is 13.2. The summed E-state index contributed by atoms with van der Waals surface area (Å²) in [5.41, 5.74) is -3.16. The molecule has 70 valence electrons. The van der Waals surface area contributed by atoms with E-state index in [1.165, 1.54) is 13.8 Å². The summed E-state index contributed by atoms with van der Waals surface area (Å²) in [5, 5.41) is 16.7. The minimum Gasteiger partial charge on any atom is -0.478 e. The molecule has 1 atom stereocenters. The highest BCUT2D eigenvalue weighted by Gasteiger charge is 2.51. The van der Waals surface area contributed by atoms with Gasteiger partial charge in [-0.2, -0.15) is 0 Å². The van der Waals surface area contributed by atoms with Gasteiger partial charge in [0.2, 0.25) is 0 Å². The lowest BCUT2D eigenvalue weighted by atomic mass is 9.89. The van der Waals surface area contributed by atoms with Crippen molar-refractivity contribution in [2.24, 2.45) is 5.92 Å². The number of hydrogen-bond acceptors (Lipinski definition) is 2. The fraction of sp³-hybridized carbons (Fsp3) is 0.714. The summed E-state index contributed by atoms with van der Waals surface area (Å²) in [6.07, 6.45) is 0.162. The molecule has 0 saturated carbocycles. The summed E-state index contributed by atoms with van der Waals surface area (Å²) in [6.45, 7) is 2.78. The molecular formula is C7H11FO4. The Balaban J connectivity index is 4.87.